The Morgan fingerprint density at radius 2 is 2.00 bits per heavy atom. The molecule has 0 spiro atoms. The van der Waals surface area contributed by atoms with Crippen LogP contribution in [0.2, 0.25) is 5.15 Å². The van der Waals surface area contributed by atoms with Crippen molar-refractivity contribution in [3.05, 3.63) is 16.9 Å². The topological polar surface area (TPSA) is 51.8 Å². The van der Waals surface area contributed by atoms with E-state index >= 15 is 0 Å². The third kappa shape index (κ3) is 3.59. The Kier molecular flexibility index (Phi) is 2.76. The van der Waals surface area contributed by atoms with Crippen molar-refractivity contribution in [3.8, 4) is 0 Å². The van der Waals surface area contributed by atoms with Gasteiger partial charge in [0.2, 0.25) is 5.95 Å². The molecule has 0 fully saturated rings. The second-order valence-corrected chi connectivity index (χ2v) is 4.66. The van der Waals surface area contributed by atoms with E-state index in [-0.39, 0.29) is 11.4 Å². The van der Waals surface area contributed by atoms with Gasteiger partial charge in [-0.3, -0.25) is 0 Å². The standard InChI is InChI=1S/C9H14ClN3/c1-9(2,3)5-6-4-7(10)13-8(11)12-6/h4H,5H2,1-3H3,(H2,11,12,13). The SMILES string of the molecule is CC(C)(C)Cc1cc(Cl)nc(N)n1. The van der Waals surface area contributed by atoms with Gasteiger partial charge in [0.1, 0.15) is 5.15 Å². The van der Waals surface area contributed by atoms with Gasteiger partial charge in [-0.25, -0.2) is 9.97 Å². The number of nitrogens with two attached hydrogens (primary N) is 1. The molecular formula is C9H14ClN3. The fourth-order valence-electron chi connectivity index (χ4n) is 1.12. The fourth-order valence-corrected chi connectivity index (χ4v) is 1.33. The van der Waals surface area contributed by atoms with E-state index in [9.17, 15) is 0 Å². The third-order valence-corrected chi connectivity index (χ3v) is 1.67. The molecule has 1 aromatic rings. The van der Waals surface area contributed by atoms with Crippen molar-refractivity contribution in [3.63, 3.8) is 0 Å². The summed E-state index contributed by atoms with van der Waals surface area (Å²) >= 11 is 5.75. The van der Waals surface area contributed by atoms with E-state index in [4.69, 9.17) is 17.3 Å². The summed E-state index contributed by atoms with van der Waals surface area (Å²) < 4.78 is 0. The molecule has 13 heavy (non-hydrogen) atoms. The molecule has 0 saturated carbocycles. The van der Waals surface area contributed by atoms with Crippen LogP contribution in [0.4, 0.5) is 5.95 Å². The van der Waals surface area contributed by atoms with Gasteiger partial charge < -0.3 is 5.73 Å². The molecule has 3 nitrogen and oxygen atoms in total. The summed E-state index contributed by atoms with van der Waals surface area (Å²) in [5.41, 5.74) is 6.55. The van der Waals surface area contributed by atoms with Gasteiger partial charge in [0.25, 0.3) is 0 Å². The maximum absolute atomic E-state index is 5.75. The molecule has 0 aromatic carbocycles. The summed E-state index contributed by atoms with van der Waals surface area (Å²) in [5.74, 6) is 0.242. The highest BCUT2D eigenvalue weighted by molar-refractivity contribution is 6.29. The van der Waals surface area contributed by atoms with Gasteiger partial charge in [-0.1, -0.05) is 32.4 Å². The first-order valence-corrected chi connectivity index (χ1v) is 4.53. The molecule has 72 valence electrons. The van der Waals surface area contributed by atoms with E-state index < -0.39 is 0 Å². The number of halogens is 1. The quantitative estimate of drug-likeness (QED) is 0.707. The molecule has 4 heteroatoms. The van der Waals surface area contributed by atoms with Gasteiger partial charge in [-0.15, -0.1) is 0 Å². The Bertz CT molecular complexity index is 284. The van der Waals surface area contributed by atoms with Crippen molar-refractivity contribution >= 4 is 17.5 Å². The molecule has 0 aliphatic heterocycles. The van der Waals surface area contributed by atoms with Crippen LogP contribution in [0.25, 0.3) is 0 Å². The smallest absolute Gasteiger partial charge is 0.221 e. The third-order valence-electron chi connectivity index (χ3n) is 1.48. The van der Waals surface area contributed by atoms with Crippen molar-refractivity contribution in [2.24, 2.45) is 5.41 Å². The zero-order valence-electron chi connectivity index (χ0n) is 8.13. The average Bonchev–Trinajstić information content (AvgIpc) is 1.78. The van der Waals surface area contributed by atoms with E-state index in [0.717, 1.165) is 12.1 Å². The Morgan fingerprint density at radius 1 is 1.38 bits per heavy atom. The van der Waals surface area contributed by atoms with Crippen LogP contribution in [0.5, 0.6) is 0 Å². The second kappa shape index (κ2) is 3.50. The molecule has 2 N–H and O–H groups in total. The predicted molar refractivity (Wildman–Crippen MR) is 54.6 cm³/mol. The minimum atomic E-state index is 0.185. The number of anilines is 1. The zero-order valence-corrected chi connectivity index (χ0v) is 8.89. The first kappa shape index (κ1) is 10.3. The molecule has 0 radical (unpaired) electrons. The van der Waals surface area contributed by atoms with Gasteiger partial charge in [0, 0.05) is 5.69 Å². The number of aromatic nitrogens is 2. The van der Waals surface area contributed by atoms with E-state index in [2.05, 4.69) is 30.7 Å². The highest BCUT2D eigenvalue weighted by atomic mass is 35.5. The van der Waals surface area contributed by atoms with E-state index in [1.165, 1.54) is 0 Å². The van der Waals surface area contributed by atoms with Crippen molar-refractivity contribution < 1.29 is 0 Å². The minimum Gasteiger partial charge on any atom is -0.368 e. The minimum absolute atomic E-state index is 0.185. The van der Waals surface area contributed by atoms with Crippen LogP contribution < -0.4 is 5.73 Å². The average molecular weight is 200 g/mol. The highest BCUT2D eigenvalue weighted by Gasteiger charge is 2.13. The lowest BCUT2D eigenvalue weighted by atomic mass is 9.90. The summed E-state index contributed by atoms with van der Waals surface area (Å²) in [4.78, 5) is 7.90. The first-order valence-electron chi connectivity index (χ1n) is 4.16. The van der Waals surface area contributed by atoms with E-state index in [1.807, 2.05) is 0 Å². The lowest BCUT2D eigenvalue weighted by molar-refractivity contribution is 0.406. The van der Waals surface area contributed by atoms with Crippen molar-refractivity contribution in [1.29, 1.82) is 0 Å². The Labute approximate surface area is 83.3 Å². The Balaban J connectivity index is 2.90. The summed E-state index contributed by atoms with van der Waals surface area (Å²) in [6.07, 6.45) is 0.847. The van der Waals surface area contributed by atoms with Crippen LogP contribution in [0.1, 0.15) is 26.5 Å². The molecule has 0 bridgehead atoms. The van der Waals surface area contributed by atoms with Gasteiger partial charge in [0.05, 0.1) is 0 Å². The van der Waals surface area contributed by atoms with Gasteiger partial charge in [-0.2, -0.15) is 0 Å². The van der Waals surface area contributed by atoms with Gasteiger partial charge >= 0.3 is 0 Å². The molecule has 0 aliphatic carbocycles. The molecule has 0 aliphatic rings. The molecule has 0 saturated heterocycles. The highest BCUT2D eigenvalue weighted by Crippen LogP contribution is 2.20. The van der Waals surface area contributed by atoms with Crippen LogP contribution in [0.3, 0.4) is 0 Å². The summed E-state index contributed by atoms with van der Waals surface area (Å²) in [6.45, 7) is 6.41. The van der Waals surface area contributed by atoms with Crippen LogP contribution in [0, 0.1) is 5.41 Å². The summed E-state index contributed by atoms with van der Waals surface area (Å²) in [5, 5.41) is 0.409. The van der Waals surface area contributed by atoms with Crippen LogP contribution >= 0.6 is 11.6 Å². The largest absolute Gasteiger partial charge is 0.368 e. The number of rotatable bonds is 1. The fraction of sp³-hybridized carbons (Fsp3) is 0.556. The van der Waals surface area contributed by atoms with Gasteiger partial charge in [0.15, 0.2) is 0 Å². The lowest BCUT2D eigenvalue weighted by Crippen LogP contribution is -2.11. The summed E-state index contributed by atoms with van der Waals surface area (Å²) in [6, 6.07) is 1.75. The Morgan fingerprint density at radius 3 is 2.46 bits per heavy atom. The number of nitrogen functional groups attached to an aromatic ring is 1. The van der Waals surface area contributed by atoms with Crippen LogP contribution in [-0.4, -0.2) is 9.97 Å². The van der Waals surface area contributed by atoms with E-state index in [1.54, 1.807) is 6.07 Å². The lowest BCUT2D eigenvalue weighted by Gasteiger charge is -2.17. The maximum Gasteiger partial charge on any atom is 0.221 e. The molecule has 1 aromatic heterocycles. The molecule has 1 heterocycles. The van der Waals surface area contributed by atoms with Crippen molar-refractivity contribution in [2.45, 2.75) is 27.2 Å². The monoisotopic (exact) mass is 199 g/mol. The number of hydrogen-bond donors (Lipinski definition) is 1. The molecule has 0 atom stereocenters. The molecule has 0 unspecified atom stereocenters. The van der Waals surface area contributed by atoms with Crippen LogP contribution in [0.15, 0.2) is 6.07 Å². The van der Waals surface area contributed by atoms with Crippen molar-refractivity contribution in [1.82, 2.24) is 9.97 Å². The van der Waals surface area contributed by atoms with E-state index in [0.29, 0.717) is 5.15 Å². The van der Waals surface area contributed by atoms with Crippen molar-refractivity contribution in [2.75, 3.05) is 5.73 Å². The summed E-state index contributed by atoms with van der Waals surface area (Å²) in [7, 11) is 0. The maximum atomic E-state index is 5.75. The number of nitrogens with zero attached hydrogens (tertiary/aromatic N) is 2. The molecule has 0 amide bonds. The first-order chi connectivity index (χ1) is 5.87. The normalized spacial score (nSPS) is 11.7. The molecular weight excluding hydrogens is 186 g/mol. The molecule has 1 rings (SSSR count). The predicted octanol–water partition coefficient (Wildman–Crippen LogP) is 2.30. The zero-order chi connectivity index (χ0) is 10.1. The Hall–Kier alpha value is -0.830. The van der Waals surface area contributed by atoms with Crippen LogP contribution in [-0.2, 0) is 6.42 Å². The second-order valence-electron chi connectivity index (χ2n) is 4.28. The van der Waals surface area contributed by atoms with Gasteiger partial charge in [-0.05, 0) is 17.9 Å². The number of hydrogen-bond acceptors (Lipinski definition) is 3.